The van der Waals surface area contributed by atoms with Crippen LogP contribution in [0.5, 0.6) is 0 Å². The van der Waals surface area contributed by atoms with Gasteiger partial charge in [0.25, 0.3) is 5.56 Å². The van der Waals surface area contributed by atoms with Gasteiger partial charge in [-0.25, -0.2) is 4.98 Å². The summed E-state index contributed by atoms with van der Waals surface area (Å²) in [6.45, 7) is 4.40. The first-order chi connectivity index (χ1) is 10.6. The van der Waals surface area contributed by atoms with Gasteiger partial charge in [0.15, 0.2) is 0 Å². The fourth-order valence-electron chi connectivity index (χ4n) is 2.39. The van der Waals surface area contributed by atoms with Crippen LogP contribution in [0, 0.1) is 18.3 Å². The van der Waals surface area contributed by atoms with Crippen molar-refractivity contribution in [2.45, 2.75) is 26.8 Å². The van der Waals surface area contributed by atoms with Crippen molar-refractivity contribution in [1.82, 2.24) is 9.55 Å². The Kier molecular flexibility index (Phi) is 3.78. The van der Waals surface area contributed by atoms with Crippen LogP contribution in [-0.4, -0.2) is 9.55 Å². The molecule has 2 aromatic heterocycles. The predicted molar refractivity (Wildman–Crippen MR) is 88.3 cm³/mol. The SMILES string of the molecule is CCc1cc2c(=O)n(Cc3ccc(C#N)cc3)c(C)nc2s1. The normalized spacial score (nSPS) is 10.8. The summed E-state index contributed by atoms with van der Waals surface area (Å²) >= 11 is 1.59. The Morgan fingerprint density at radius 3 is 2.68 bits per heavy atom. The second kappa shape index (κ2) is 5.74. The molecule has 2 heterocycles. The highest BCUT2D eigenvalue weighted by Crippen LogP contribution is 2.22. The van der Waals surface area contributed by atoms with E-state index in [0.29, 0.717) is 23.3 Å². The van der Waals surface area contributed by atoms with Crippen LogP contribution in [0.25, 0.3) is 10.2 Å². The summed E-state index contributed by atoms with van der Waals surface area (Å²) in [6, 6.07) is 11.3. The van der Waals surface area contributed by atoms with Gasteiger partial charge >= 0.3 is 0 Å². The van der Waals surface area contributed by atoms with Crippen LogP contribution in [0.1, 0.15) is 28.8 Å². The van der Waals surface area contributed by atoms with Gasteiger partial charge in [-0.05, 0) is 37.1 Å². The van der Waals surface area contributed by atoms with Crippen molar-refractivity contribution in [2.24, 2.45) is 0 Å². The predicted octanol–water partition coefficient (Wildman–Crippen LogP) is 3.25. The van der Waals surface area contributed by atoms with E-state index >= 15 is 0 Å². The molecule has 0 aliphatic rings. The zero-order valence-electron chi connectivity index (χ0n) is 12.5. The summed E-state index contributed by atoms with van der Waals surface area (Å²) in [5.41, 5.74) is 1.60. The van der Waals surface area contributed by atoms with Crippen LogP contribution in [0.2, 0.25) is 0 Å². The van der Waals surface area contributed by atoms with Crippen molar-refractivity contribution < 1.29 is 0 Å². The van der Waals surface area contributed by atoms with E-state index in [1.807, 2.05) is 25.1 Å². The quantitative estimate of drug-likeness (QED) is 0.746. The van der Waals surface area contributed by atoms with Crippen molar-refractivity contribution in [3.63, 3.8) is 0 Å². The number of aryl methyl sites for hydroxylation is 2. The number of benzene rings is 1. The van der Waals surface area contributed by atoms with Gasteiger partial charge in [-0.3, -0.25) is 9.36 Å². The first kappa shape index (κ1) is 14.5. The second-order valence-electron chi connectivity index (χ2n) is 5.14. The molecule has 0 spiro atoms. The molecule has 5 heteroatoms. The van der Waals surface area contributed by atoms with Crippen LogP contribution in [0.4, 0.5) is 0 Å². The van der Waals surface area contributed by atoms with E-state index in [1.54, 1.807) is 28.0 Å². The summed E-state index contributed by atoms with van der Waals surface area (Å²) < 4.78 is 1.69. The molecule has 0 saturated carbocycles. The summed E-state index contributed by atoms with van der Waals surface area (Å²) in [5, 5.41) is 9.53. The highest BCUT2D eigenvalue weighted by atomic mass is 32.1. The lowest BCUT2D eigenvalue weighted by molar-refractivity contribution is 0.714. The zero-order chi connectivity index (χ0) is 15.7. The number of hydrogen-bond donors (Lipinski definition) is 0. The number of fused-ring (bicyclic) bond motifs is 1. The van der Waals surface area contributed by atoms with E-state index in [1.165, 1.54) is 4.88 Å². The van der Waals surface area contributed by atoms with E-state index in [9.17, 15) is 4.79 Å². The minimum absolute atomic E-state index is 0.00260. The molecule has 22 heavy (non-hydrogen) atoms. The molecule has 3 aromatic rings. The van der Waals surface area contributed by atoms with Gasteiger partial charge in [-0.2, -0.15) is 5.26 Å². The number of nitrogens with zero attached hydrogens (tertiary/aromatic N) is 3. The first-order valence-electron chi connectivity index (χ1n) is 7.11. The molecule has 0 saturated heterocycles. The van der Waals surface area contributed by atoms with Crippen LogP contribution < -0.4 is 5.56 Å². The molecule has 0 N–H and O–H groups in total. The Morgan fingerprint density at radius 1 is 1.32 bits per heavy atom. The third kappa shape index (κ3) is 2.53. The molecule has 0 aliphatic carbocycles. The molecule has 0 atom stereocenters. The Hall–Kier alpha value is -2.45. The smallest absolute Gasteiger partial charge is 0.262 e. The first-order valence-corrected chi connectivity index (χ1v) is 7.93. The number of nitriles is 1. The molecule has 0 fully saturated rings. The lowest BCUT2D eigenvalue weighted by Crippen LogP contribution is -2.23. The Balaban J connectivity index is 2.06. The molecule has 0 unspecified atom stereocenters. The maximum atomic E-state index is 12.7. The van der Waals surface area contributed by atoms with Crippen LogP contribution in [0.15, 0.2) is 35.1 Å². The van der Waals surface area contributed by atoms with Gasteiger partial charge < -0.3 is 0 Å². The van der Waals surface area contributed by atoms with Gasteiger partial charge in [0, 0.05) is 4.88 Å². The highest BCUT2D eigenvalue weighted by molar-refractivity contribution is 7.18. The zero-order valence-corrected chi connectivity index (χ0v) is 13.3. The molecule has 0 aliphatic heterocycles. The van der Waals surface area contributed by atoms with Gasteiger partial charge in [0.2, 0.25) is 0 Å². The molecule has 0 amide bonds. The average Bonchev–Trinajstić information content (AvgIpc) is 2.95. The average molecular weight is 309 g/mol. The van der Waals surface area contributed by atoms with Gasteiger partial charge in [-0.1, -0.05) is 19.1 Å². The summed E-state index contributed by atoms with van der Waals surface area (Å²) in [5.74, 6) is 0.714. The lowest BCUT2D eigenvalue weighted by Gasteiger charge is -2.09. The minimum atomic E-state index is 0.00260. The van der Waals surface area contributed by atoms with E-state index in [-0.39, 0.29) is 5.56 Å². The fourth-order valence-corrected chi connectivity index (χ4v) is 3.40. The van der Waals surface area contributed by atoms with E-state index in [0.717, 1.165) is 16.8 Å². The van der Waals surface area contributed by atoms with Gasteiger partial charge in [0.1, 0.15) is 10.7 Å². The van der Waals surface area contributed by atoms with E-state index in [2.05, 4.69) is 18.0 Å². The fraction of sp³-hybridized carbons (Fsp3) is 0.235. The maximum absolute atomic E-state index is 12.7. The number of aromatic nitrogens is 2. The molecule has 1 aromatic carbocycles. The Bertz CT molecular complexity index is 929. The second-order valence-corrected chi connectivity index (χ2v) is 6.26. The molecule has 4 nitrogen and oxygen atoms in total. The lowest BCUT2D eigenvalue weighted by atomic mass is 10.1. The van der Waals surface area contributed by atoms with Crippen molar-refractivity contribution >= 4 is 21.6 Å². The summed E-state index contributed by atoms with van der Waals surface area (Å²) in [4.78, 5) is 19.2. The largest absolute Gasteiger partial charge is 0.292 e. The number of thiophene rings is 1. The van der Waals surface area contributed by atoms with Crippen molar-refractivity contribution in [3.05, 3.63) is 62.5 Å². The molecule has 0 radical (unpaired) electrons. The molecular weight excluding hydrogens is 294 g/mol. The standard InChI is InChI=1S/C17H15N3OS/c1-3-14-8-15-16(22-14)19-11(2)20(17(15)21)10-13-6-4-12(9-18)5-7-13/h4-8H,3,10H2,1-2H3. The van der Waals surface area contributed by atoms with Crippen LogP contribution in [-0.2, 0) is 13.0 Å². The van der Waals surface area contributed by atoms with Crippen molar-refractivity contribution in [3.8, 4) is 6.07 Å². The molecule has 110 valence electrons. The molecule has 3 rings (SSSR count). The van der Waals surface area contributed by atoms with Gasteiger partial charge in [-0.15, -0.1) is 11.3 Å². The number of rotatable bonds is 3. The number of hydrogen-bond acceptors (Lipinski definition) is 4. The molecular formula is C17H15N3OS. The topological polar surface area (TPSA) is 58.7 Å². The summed E-state index contributed by atoms with van der Waals surface area (Å²) in [6.07, 6.45) is 0.912. The van der Waals surface area contributed by atoms with E-state index in [4.69, 9.17) is 5.26 Å². The van der Waals surface area contributed by atoms with Crippen molar-refractivity contribution in [2.75, 3.05) is 0 Å². The van der Waals surface area contributed by atoms with Gasteiger partial charge in [0.05, 0.1) is 23.6 Å². The third-order valence-electron chi connectivity index (χ3n) is 3.67. The maximum Gasteiger partial charge on any atom is 0.262 e. The summed E-state index contributed by atoms with van der Waals surface area (Å²) in [7, 11) is 0. The Labute approximate surface area is 132 Å². The highest BCUT2D eigenvalue weighted by Gasteiger charge is 2.11. The van der Waals surface area contributed by atoms with E-state index < -0.39 is 0 Å². The minimum Gasteiger partial charge on any atom is -0.292 e. The Morgan fingerprint density at radius 2 is 2.05 bits per heavy atom. The third-order valence-corrected chi connectivity index (χ3v) is 4.84. The van der Waals surface area contributed by atoms with Crippen LogP contribution in [0.3, 0.4) is 0 Å². The van der Waals surface area contributed by atoms with Crippen molar-refractivity contribution in [1.29, 1.82) is 5.26 Å². The molecule has 0 bridgehead atoms. The monoisotopic (exact) mass is 309 g/mol. The van der Waals surface area contributed by atoms with Crippen LogP contribution >= 0.6 is 11.3 Å².